The van der Waals surface area contributed by atoms with Crippen molar-refractivity contribution >= 4 is 11.6 Å². The van der Waals surface area contributed by atoms with E-state index in [1.165, 1.54) is 12.1 Å². The van der Waals surface area contributed by atoms with Crippen LogP contribution in [0.5, 0.6) is 11.5 Å². The van der Waals surface area contributed by atoms with Gasteiger partial charge in [-0.15, -0.1) is 0 Å². The SMILES string of the molecule is CN(C)CCOc1cccc2c1C(=O)c1c(ccc(CO)c1O)C2=O. The Morgan fingerprint density at radius 1 is 1.00 bits per heavy atom. The fourth-order valence-corrected chi connectivity index (χ4v) is 2.86. The van der Waals surface area contributed by atoms with Crippen LogP contribution in [-0.2, 0) is 6.61 Å². The lowest BCUT2D eigenvalue weighted by atomic mass is 9.82. The van der Waals surface area contributed by atoms with Crippen LogP contribution >= 0.6 is 0 Å². The van der Waals surface area contributed by atoms with Crippen LogP contribution in [0.15, 0.2) is 30.3 Å². The van der Waals surface area contributed by atoms with Crippen molar-refractivity contribution in [2.45, 2.75) is 6.61 Å². The van der Waals surface area contributed by atoms with Gasteiger partial charge in [0.25, 0.3) is 0 Å². The van der Waals surface area contributed by atoms with Crippen LogP contribution in [0.3, 0.4) is 0 Å². The summed E-state index contributed by atoms with van der Waals surface area (Å²) in [5.74, 6) is -0.857. The van der Waals surface area contributed by atoms with Gasteiger partial charge in [-0.1, -0.05) is 18.2 Å². The lowest BCUT2D eigenvalue weighted by Crippen LogP contribution is -2.24. The molecular formula is C19H19NO5. The van der Waals surface area contributed by atoms with Gasteiger partial charge in [-0.05, 0) is 26.2 Å². The van der Waals surface area contributed by atoms with Gasteiger partial charge in [-0.3, -0.25) is 9.59 Å². The highest BCUT2D eigenvalue weighted by Crippen LogP contribution is 2.38. The average Bonchev–Trinajstić information content (AvgIpc) is 2.59. The number of hydrogen-bond acceptors (Lipinski definition) is 6. The van der Waals surface area contributed by atoms with Crippen LogP contribution in [0.1, 0.15) is 37.4 Å². The Morgan fingerprint density at radius 2 is 1.72 bits per heavy atom. The summed E-state index contributed by atoms with van der Waals surface area (Å²) in [5.41, 5.74) is 0.680. The highest BCUT2D eigenvalue weighted by atomic mass is 16.5. The number of ketones is 2. The molecule has 0 bridgehead atoms. The lowest BCUT2D eigenvalue weighted by Gasteiger charge is -2.22. The maximum atomic E-state index is 13.0. The van der Waals surface area contributed by atoms with Gasteiger partial charge in [0.15, 0.2) is 5.78 Å². The van der Waals surface area contributed by atoms with E-state index < -0.39 is 12.4 Å². The van der Waals surface area contributed by atoms with Crippen molar-refractivity contribution in [2.24, 2.45) is 0 Å². The molecule has 0 amide bonds. The van der Waals surface area contributed by atoms with E-state index in [9.17, 15) is 19.8 Å². The molecule has 6 heteroatoms. The van der Waals surface area contributed by atoms with Crippen LogP contribution in [0.25, 0.3) is 0 Å². The predicted octanol–water partition coefficient (Wildman–Crippen LogP) is 1.60. The van der Waals surface area contributed by atoms with E-state index >= 15 is 0 Å². The largest absolute Gasteiger partial charge is 0.507 e. The Balaban J connectivity index is 2.09. The van der Waals surface area contributed by atoms with Gasteiger partial charge in [-0.2, -0.15) is 0 Å². The highest BCUT2D eigenvalue weighted by Gasteiger charge is 2.35. The molecule has 0 aliphatic heterocycles. The molecule has 2 aromatic rings. The number of aliphatic hydroxyl groups is 1. The summed E-state index contributed by atoms with van der Waals surface area (Å²) in [6.45, 7) is 0.594. The number of ether oxygens (including phenoxy) is 1. The summed E-state index contributed by atoms with van der Waals surface area (Å²) in [6.07, 6.45) is 0. The lowest BCUT2D eigenvalue weighted by molar-refractivity contribution is 0.0972. The third-order valence-corrected chi connectivity index (χ3v) is 4.20. The van der Waals surface area contributed by atoms with Gasteiger partial charge in [0.2, 0.25) is 5.78 Å². The van der Waals surface area contributed by atoms with Crippen molar-refractivity contribution in [3.05, 3.63) is 58.1 Å². The zero-order valence-corrected chi connectivity index (χ0v) is 14.1. The molecule has 25 heavy (non-hydrogen) atoms. The predicted molar refractivity (Wildman–Crippen MR) is 91.4 cm³/mol. The van der Waals surface area contributed by atoms with Gasteiger partial charge in [0, 0.05) is 23.2 Å². The number of phenols is 1. The first-order valence-corrected chi connectivity index (χ1v) is 7.91. The van der Waals surface area contributed by atoms with Crippen LogP contribution in [0, 0.1) is 0 Å². The third-order valence-electron chi connectivity index (χ3n) is 4.20. The fourth-order valence-electron chi connectivity index (χ4n) is 2.86. The van der Waals surface area contributed by atoms with Crippen molar-refractivity contribution in [1.29, 1.82) is 0 Å². The molecule has 0 atom stereocenters. The monoisotopic (exact) mass is 341 g/mol. The van der Waals surface area contributed by atoms with Crippen LogP contribution in [-0.4, -0.2) is 53.9 Å². The molecule has 6 nitrogen and oxygen atoms in total. The molecule has 1 aliphatic carbocycles. The molecule has 0 radical (unpaired) electrons. The van der Waals surface area contributed by atoms with E-state index in [-0.39, 0.29) is 39.4 Å². The maximum absolute atomic E-state index is 13.0. The third kappa shape index (κ3) is 2.90. The van der Waals surface area contributed by atoms with Crippen molar-refractivity contribution in [1.82, 2.24) is 4.90 Å². The Bertz CT molecular complexity index is 857. The molecule has 0 unspecified atom stereocenters. The number of nitrogens with zero attached hydrogens (tertiary/aromatic N) is 1. The molecule has 0 heterocycles. The van der Waals surface area contributed by atoms with Gasteiger partial charge in [0.05, 0.1) is 17.7 Å². The number of aromatic hydroxyl groups is 1. The smallest absolute Gasteiger partial charge is 0.201 e. The first-order valence-electron chi connectivity index (χ1n) is 7.91. The van der Waals surface area contributed by atoms with E-state index in [0.29, 0.717) is 18.9 Å². The van der Waals surface area contributed by atoms with Gasteiger partial charge in [0.1, 0.15) is 18.1 Å². The molecule has 1 aliphatic rings. The standard InChI is InChI=1S/C19H19NO5/c1-20(2)8-9-25-14-5-3-4-12-15(14)19(24)16-13(18(12)23)7-6-11(10-21)17(16)22/h3-7,21-22H,8-10H2,1-2H3. The number of aliphatic hydroxyl groups excluding tert-OH is 1. The molecule has 2 N–H and O–H groups in total. The number of benzene rings is 2. The van der Waals surface area contributed by atoms with E-state index in [4.69, 9.17) is 4.74 Å². The minimum absolute atomic E-state index is 0.0762. The van der Waals surface area contributed by atoms with Crippen molar-refractivity contribution in [2.75, 3.05) is 27.2 Å². The summed E-state index contributed by atoms with van der Waals surface area (Å²) in [6, 6.07) is 7.79. The molecule has 0 spiro atoms. The number of carbonyl (C=O) groups excluding carboxylic acids is 2. The van der Waals surface area contributed by atoms with Crippen molar-refractivity contribution in [3.63, 3.8) is 0 Å². The minimum Gasteiger partial charge on any atom is -0.507 e. The second-order valence-corrected chi connectivity index (χ2v) is 6.14. The summed E-state index contributed by atoms with van der Waals surface area (Å²) in [5, 5.41) is 19.6. The Morgan fingerprint density at radius 3 is 2.40 bits per heavy atom. The van der Waals surface area contributed by atoms with Crippen LogP contribution < -0.4 is 4.74 Å². The highest BCUT2D eigenvalue weighted by molar-refractivity contribution is 6.30. The second kappa shape index (κ2) is 6.66. The van der Waals surface area contributed by atoms with E-state index in [0.717, 1.165) is 0 Å². The van der Waals surface area contributed by atoms with Gasteiger partial charge >= 0.3 is 0 Å². The van der Waals surface area contributed by atoms with Crippen LogP contribution in [0.2, 0.25) is 0 Å². The van der Waals surface area contributed by atoms with E-state index in [2.05, 4.69) is 0 Å². The van der Waals surface area contributed by atoms with E-state index in [1.54, 1.807) is 18.2 Å². The molecular weight excluding hydrogens is 322 g/mol. The van der Waals surface area contributed by atoms with Gasteiger partial charge < -0.3 is 19.8 Å². The summed E-state index contributed by atoms with van der Waals surface area (Å²) in [7, 11) is 3.81. The number of hydrogen-bond donors (Lipinski definition) is 2. The molecule has 2 aromatic carbocycles. The molecule has 3 rings (SSSR count). The molecule has 0 aromatic heterocycles. The van der Waals surface area contributed by atoms with Gasteiger partial charge in [-0.25, -0.2) is 0 Å². The maximum Gasteiger partial charge on any atom is 0.201 e. The Kier molecular flexibility index (Phi) is 4.57. The molecule has 0 fully saturated rings. The first kappa shape index (κ1) is 17.1. The molecule has 0 saturated carbocycles. The summed E-state index contributed by atoms with van der Waals surface area (Å²) >= 11 is 0. The number of fused-ring (bicyclic) bond motifs is 2. The summed E-state index contributed by atoms with van der Waals surface area (Å²) in [4.78, 5) is 27.7. The van der Waals surface area contributed by atoms with Crippen LogP contribution in [0.4, 0.5) is 0 Å². The topological polar surface area (TPSA) is 87.1 Å². The van der Waals surface area contributed by atoms with Crippen molar-refractivity contribution in [3.8, 4) is 11.5 Å². The molecule has 130 valence electrons. The van der Waals surface area contributed by atoms with Crippen molar-refractivity contribution < 1.29 is 24.5 Å². The zero-order chi connectivity index (χ0) is 18.1. The Hall–Kier alpha value is -2.70. The Labute approximate surface area is 145 Å². The molecule has 0 saturated heterocycles. The normalized spacial score (nSPS) is 13.0. The quantitative estimate of drug-likeness (QED) is 0.733. The number of rotatable bonds is 5. The minimum atomic E-state index is -0.474. The number of carbonyl (C=O) groups is 2. The van der Waals surface area contributed by atoms with E-state index in [1.807, 2.05) is 19.0 Å². The number of likely N-dealkylation sites (N-methyl/N-ethyl adjacent to an activating group) is 1. The zero-order valence-electron chi connectivity index (χ0n) is 14.1. The fraction of sp³-hybridized carbons (Fsp3) is 0.263. The summed E-state index contributed by atoms with van der Waals surface area (Å²) < 4.78 is 5.70. The second-order valence-electron chi connectivity index (χ2n) is 6.14. The first-order chi connectivity index (χ1) is 12.0. The average molecular weight is 341 g/mol.